The molecule has 24 heavy (non-hydrogen) atoms. The van der Waals surface area contributed by atoms with Crippen LogP contribution in [0.15, 0.2) is 60.7 Å². The first-order valence-electron chi connectivity index (χ1n) is 7.08. The second kappa shape index (κ2) is 7.73. The molecule has 0 saturated carbocycles. The van der Waals surface area contributed by atoms with Gasteiger partial charge < -0.3 is 15.5 Å². The zero-order valence-electron chi connectivity index (χ0n) is 12.6. The van der Waals surface area contributed by atoms with E-state index in [9.17, 15) is 19.5 Å². The summed E-state index contributed by atoms with van der Waals surface area (Å²) in [6.07, 6.45) is 0.817. The number of amides is 1. The number of carbonyl (C=O) groups is 3. The van der Waals surface area contributed by atoms with E-state index in [0.717, 1.165) is 5.56 Å². The van der Waals surface area contributed by atoms with Gasteiger partial charge in [0.15, 0.2) is 0 Å². The van der Waals surface area contributed by atoms with Crippen LogP contribution in [-0.2, 0) is 20.8 Å². The Hall–Kier alpha value is -3.41. The van der Waals surface area contributed by atoms with Crippen molar-refractivity contribution in [3.8, 4) is 0 Å². The lowest BCUT2D eigenvalue weighted by atomic mass is 10.1. The number of hydrogen-bond donors (Lipinski definition) is 3. The Morgan fingerprint density at radius 1 is 0.958 bits per heavy atom. The van der Waals surface area contributed by atoms with Crippen LogP contribution in [0.1, 0.15) is 11.1 Å². The normalized spacial score (nSPS) is 10.9. The molecule has 122 valence electrons. The van der Waals surface area contributed by atoms with Crippen molar-refractivity contribution in [2.75, 3.05) is 5.32 Å². The monoisotopic (exact) mass is 325 g/mol. The summed E-state index contributed by atoms with van der Waals surface area (Å²) in [6.45, 7) is 0. The van der Waals surface area contributed by atoms with Gasteiger partial charge in [-0.2, -0.15) is 0 Å². The second-order valence-corrected chi connectivity index (χ2v) is 4.99. The molecule has 0 spiro atoms. The fourth-order valence-corrected chi connectivity index (χ4v) is 2.01. The molecule has 0 aromatic heterocycles. The Morgan fingerprint density at radius 2 is 1.67 bits per heavy atom. The van der Waals surface area contributed by atoms with Gasteiger partial charge in [-0.1, -0.05) is 42.5 Å². The van der Waals surface area contributed by atoms with E-state index >= 15 is 0 Å². The van der Waals surface area contributed by atoms with Gasteiger partial charge in [0, 0.05) is 17.3 Å². The summed E-state index contributed by atoms with van der Waals surface area (Å²) in [7, 11) is 0. The number of ketones is 1. The van der Waals surface area contributed by atoms with E-state index in [2.05, 4.69) is 5.32 Å². The number of aliphatic carboxylic acids is 1. The Balaban J connectivity index is 2.08. The minimum Gasteiger partial charge on any atom is -0.507 e. The molecule has 0 aliphatic carbocycles. The summed E-state index contributed by atoms with van der Waals surface area (Å²) in [4.78, 5) is 33.6. The highest BCUT2D eigenvalue weighted by Gasteiger charge is 2.11. The van der Waals surface area contributed by atoms with E-state index in [1.165, 1.54) is 12.1 Å². The van der Waals surface area contributed by atoms with Crippen LogP contribution >= 0.6 is 0 Å². The van der Waals surface area contributed by atoms with Crippen LogP contribution < -0.4 is 5.32 Å². The van der Waals surface area contributed by atoms with Crippen LogP contribution in [0.5, 0.6) is 0 Å². The molecule has 2 aromatic carbocycles. The van der Waals surface area contributed by atoms with Gasteiger partial charge in [-0.05, 0) is 17.7 Å². The van der Waals surface area contributed by atoms with Gasteiger partial charge in [0.25, 0.3) is 5.78 Å². The lowest BCUT2D eigenvalue weighted by molar-refractivity contribution is -0.146. The molecule has 0 bridgehead atoms. The van der Waals surface area contributed by atoms with Gasteiger partial charge in [-0.25, -0.2) is 4.79 Å². The van der Waals surface area contributed by atoms with E-state index in [1.54, 1.807) is 12.1 Å². The van der Waals surface area contributed by atoms with E-state index < -0.39 is 17.5 Å². The maximum absolute atomic E-state index is 12.0. The first kappa shape index (κ1) is 17.0. The van der Waals surface area contributed by atoms with Crippen molar-refractivity contribution in [3.63, 3.8) is 0 Å². The molecular formula is C18H15NO5. The molecule has 1 amide bonds. The van der Waals surface area contributed by atoms with Gasteiger partial charge in [-0.15, -0.1) is 0 Å². The van der Waals surface area contributed by atoms with Crippen LogP contribution in [-0.4, -0.2) is 27.9 Å². The average Bonchev–Trinajstić information content (AvgIpc) is 2.55. The number of aliphatic hydroxyl groups is 1. The van der Waals surface area contributed by atoms with Crippen molar-refractivity contribution >= 4 is 29.1 Å². The van der Waals surface area contributed by atoms with Crippen LogP contribution in [0, 0.1) is 0 Å². The quantitative estimate of drug-likeness (QED) is 0.430. The van der Waals surface area contributed by atoms with Crippen LogP contribution in [0.3, 0.4) is 0 Å². The molecule has 0 radical (unpaired) electrons. The van der Waals surface area contributed by atoms with Crippen molar-refractivity contribution in [2.45, 2.75) is 6.42 Å². The number of rotatable bonds is 6. The molecule has 6 nitrogen and oxygen atoms in total. The zero-order valence-corrected chi connectivity index (χ0v) is 12.6. The lowest BCUT2D eigenvalue weighted by Crippen LogP contribution is -2.14. The van der Waals surface area contributed by atoms with Crippen LogP contribution in [0.2, 0.25) is 0 Å². The SMILES string of the molecule is O=C(Cc1ccccc1)Nc1cccc(C(O)=CC(=O)C(=O)O)c1. The largest absolute Gasteiger partial charge is 0.507 e. The third-order valence-electron chi connectivity index (χ3n) is 3.13. The van der Waals surface area contributed by atoms with E-state index in [4.69, 9.17) is 5.11 Å². The van der Waals surface area contributed by atoms with Crippen LogP contribution in [0.25, 0.3) is 5.76 Å². The molecule has 0 saturated heterocycles. The Bertz CT molecular complexity index is 796. The lowest BCUT2D eigenvalue weighted by Gasteiger charge is -2.07. The van der Waals surface area contributed by atoms with E-state index in [-0.39, 0.29) is 17.9 Å². The van der Waals surface area contributed by atoms with Crippen LogP contribution in [0.4, 0.5) is 5.69 Å². The predicted octanol–water partition coefficient (Wildman–Crippen LogP) is 2.42. The van der Waals surface area contributed by atoms with Gasteiger partial charge in [0.2, 0.25) is 5.91 Å². The summed E-state index contributed by atoms with van der Waals surface area (Å²) < 4.78 is 0. The molecule has 2 rings (SSSR count). The number of nitrogens with one attached hydrogen (secondary N) is 1. The number of carbonyl (C=O) groups excluding carboxylic acids is 2. The zero-order chi connectivity index (χ0) is 17.5. The minimum absolute atomic E-state index is 0.199. The molecule has 3 N–H and O–H groups in total. The second-order valence-electron chi connectivity index (χ2n) is 4.99. The smallest absolute Gasteiger partial charge is 0.376 e. The van der Waals surface area contributed by atoms with Crippen molar-refractivity contribution < 1.29 is 24.6 Å². The number of hydrogen-bond acceptors (Lipinski definition) is 4. The third kappa shape index (κ3) is 4.81. The van der Waals surface area contributed by atoms with Crippen molar-refractivity contribution in [1.82, 2.24) is 0 Å². The van der Waals surface area contributed by atoms with Crippen molar-refractivity contribution in [2.24, 2.45) is 0 Å². The summed E-state index contributed by atoms with van der Waals surface area (Å²) in [5.41, 5.74) is 1.51. The van der Waals surface area contributed by atoms with Gasteiger partial charge in [0.1, 0.15) is 5.76 Å². The highest BCUT2D eigenvalue weighted by Crippen LogP contribution is 2.17. The maximum Gasteiger partial charge on any atom is 0.376 e. The molecule has 0 aliphatic rings. The number of anilines is 1. The number of carboxylic acids is 1. The molecule has 0 fully saturated rings. The van der Waals surface area contributed by atoms with Crippen molar-refractivity contribution in [3.05, 3.63) is 71.8 Å². The van der Waals surface area contributed by atoms with Gasteiger partial charge >= 0.3 is 5.97 Å². The third-order valence-corrected chi connectivity index (χ3v) is 3.13. The Kier molecular flexibility index (Phi) is 5.46. The standard InChI is InChI=1S/C18H15NO5/c20-15(11-16(21)18(23)24)13-7-4-8-14(10-13)19-17(22)9-12-5-2-1-3-6-12/h1-8,10-11,20H,9H2,(H,19,22)(H,23,24). The maximum atomic E-state index is 12.0. The summed E-state index contributed by atoms with van der Waals surface area (Å²) >= 11 is 0. The average molecular weight is 325 g/mol. The first-order valence-corrected chi connectivity index (χ1v) is 7.08. The molecule has 2 aromatic rings. The Labute approximate surface area is 138 Å². The summed E-state index contributed by atoms with van der Waals surface area (Å²) in [5, 5.41) is 21.0. The molecular weight excluding hydrogens is 310 g/mol. The molecule has 0 heterocycles. The molecule has 0 unspecified atom stereocenters. The van der Waals surface area contributed by atoms with E-state index in [1.807, 2.05) is 30.3 Å². The molecule has 0 atom stereocenters. The number of aliphatic hydroxyl groups excluding tert-OH is 1. The minimum atomic E-state index is -1.66. The fraction of sp³-hybridized carbons (Fsp3) is 0.0556. The summed E-state index contributed by atoms with van der Waals surface area (Å²) in [6, 6.07) is 15.3. The van der Waals surface area contributed by atoms with Crippen molar-refractivity contribution in [1.29, 1.82) is 0 Å². The van der Waals surface area contributed by atoms with Gasteiger partial charge in [-0.3, -0.25) is 9.59 Å². The Morgan fingerprint density at radius 3 is 2.33 bits per heavy atom. The highest BCUT2D eigenvalue weighted by molar-refractivity contribution is 6.38. The fourth-order valence-electron chi connectivity index (χ4n) is 2.01. The molecule has 0 aliphatic heterocycles. The number of carboxylic acid groups (broad SMARTS) is 1. The van der Waals surface area contributed by atoms with E-state index in [0.29, 0.717) is 11.8 Å². The summed E-state index contributed by atoms with van der Waals surface area (Å²) in [5.74, 6) is -3.61. The first-order chi connectivity index (χ1) is 11.5. The number of benzene rings is 2. The molecule has 6 heteroatoms. The predicted molar refractivity (Wildman–Crippen MR) is 88.5 cm³/mol. The highest BCUT2D eigenvalue weighted by atomic mass is 16.4. The van der Waals surface area contributed by atoms with Gasteiger partial charge in [0.05, 0.1) is 6.42 Å². The topological polar surface area (TPSA) is 104 Å².